The van der Waals surface area contributed by atoms with Crippen LogP contribution in [-0.4, -0.2) is 10.1 Å². The van der Waals surface area contributed by atoms with Gasteiger partial charge in [0.15, 0.2) is 23.0 Å². The van der Waals surface area contributed by atoms with Crippen molar-refractivity contribution >= 4 is 23.0 Å². The van der Waals surface area contributed by atoms with E-state index in [4.69, 9.17) is 7.59 Å². The van der Waals surface area contributed by atoms with Gasteiger partial charge in [-0.25, -0.2) is 0 Å². The molecule has 0 aliphatic heterocycles. The molecular weight excluding hydrogens is 355 g/mol. The fourth-order valence-electron chi connectivity index (χ4n) is 1.69. The van der Waals surface area contributed by atoms with Gasteiger partial charge >= 0.3 is 0 Å². The molecule has 0 atom stereocenters. The van der Waals surface area contributed by atoms with Gasteiger partial charge < -0.3 is 7.59 Å². The van der Waals surface area contributed by atoms with E-state index in [0.29, 0.717) is 11.7 Å². The van der Waals surface area contributed by atoms with Crippen LogP contribution in [0.4, 0.5) is 0 Å². The predicted octanol–water partition coefficient (Wildman–Crippen LogP) is 4.13. The monoisotopic (exact) mass is 364 g/mol. The molecule has 0 unspecified atom stereocenters. The normalized spacial score (nSPS) is 10.4. The topological polar surface area (TPSA) is 48.2 Å². The third-order valence-electron chi connectivity index (χ3n) is 2.65. The van der Waals surface area contributed by atoms with Crippen molar-refractivity contribution in [3.63, 3.8) is 0 Å². The molecule has 19 heavy (non-hydrogen) atoms. The maximum absolute atomic E-state index is 5.27. The fourth-order valence-corrected chi connectivity index (χ4v) is 1.99. The Bertz CT molecular complexity index is 665. The summed E-state index contributed by atoms with van der Waals surface area (Å²) in [4.78, 5) is 4.39. The van der Waals surface area contributed by atoms with Gasteiger partial charge in [-0.3, -0.25) is 0 Å². The lowest BCUT2D eigenvalue weighted by Crippen LogP contribution is -1.81. The number of aromatic nitrogens is 2. The minimum absolute atomic E-state index is 0.499. The number of benzene rings is 2. The average molecular weight is 364 g/mol. The Morgan fingerprint density at radius 3 is 2.32 bits per heavy atom. The molecule has 0 aliphatic carbocycles. The zero-order valence-electron chi connectivity index (χ0n) is 9.79. The van der Waals surface area contributed by atoms with Crippen LogP contribution in [0.1, 0.15) is 0 Å². The molecule has 1 aromatic heterocycles. The standard InChI is InChI=1S/C14H9IN2O2/c15-18-12-8-6-11(7-9-12)14-16-13(17-19-14)10-4-2-1-3-5-10/h1-9H. The van der Waals surface area contributed by atoms with E-state index in [1.165, 1.54) is 0 Å². The smallest absolute Gasteiger partial charge is 0.258 e. The lowest BCUT2D eigenvalue weighted by molar-refractivity contribution is 0.432. The predicted molar refractivity (Wildman–Crippen MR) is 79.8 cm³/mol. The zero-order valence-corrected chi connectivity index (χ0v) is 11.9. The summed E-state index contributed by atoms with van der Waals surface area (Å²) in [7, 11) is 0. The highest BCUT2D eigenvalue weighted by atomic mass is 127. The van der Waals surface area contributed by atoms with E-state index < -0.39 is 0 Å². The first-order valence-electron chi connectivity index (χ1n) is 5.65. The van der Waals surface area contributed by atoms with Crippen molar-refractivity contribution in [2.24, 2.45) is 0 Å². The first-order valence-corrected chi connectivity index (χ1v) is 6.53. The van der Waals surface area contributed by atoms with Crippen LogP contribution < -0.4 is 3.07 Å². The minimum atomic E-state index is 0.499. The third-order valence-corrected chi connectivity index (χ3v) is 3.16. The first-order chi connectivity index (χ1) is 9.36. The summed E-state index contributed by atoms with van der Waals surface area (Å²) in [6.45, 7) is 0. The second-order valence-electron chi connectivity index (χ2n) is 3.89. The fraction of sp³-hybridized carbons (Fsp3) is 0. The van der Waals surface area contributed by atoms with Crippen LogP contribution in [0.2, 0.25) is 0 Å². The molecule has 0 bridgehead atoms. The molecule has 0 saturated carbocycles. The second kappa shape index (κ2) is 5.40. The Labute approximate surface area is 124 Å². The van der Waals surface area contributed by atoms with E-state index >= 15 is 0 Å². The molecule has 0 spiro atoms. The molecule has 5 heteroatoms. The Kier molecular flexibility index (Phi) is 3.45. The van der Waals surface area contributed by atoms with Gasteiger partial charge in [0, 0.05) is 11.1 Å². The van der Waals surface area contributed by atoms with E-state index in [-0.39, 0.29) is 0 Å². The molecule has 0 amide bonds. The van der Waals surface area contributed by atoms with E-state index in [1.54, 1.807) is 0 Å². The van der Waals surface area contributed by atoms with Crippen molar-refractivity contribution in [2.45, 2.75) is 0 Å². The summed E-state index contributed by atoms with van der Waals surface area (Å²) in [6.07, 6.45) is 0. The molecule has 1 heterocycles. The summed E-state index contributed by atoms with van der Waals surface area (Å²) in [6, 6.07) is 17.2. The van der Waals surface area contributed by atoms with Gasteiger partial charge in [-0.05, 0) is 24.3 Å². The van der Waals surface area contributed by atoms with Gasteiger partial charge in [0.25, 0.3) is 5.89 Å². The molecule has 0 saturated heterocycles. The Hall–Kier alpha value is -1.89. The lowest BCUT2D eigenvalue weighted by Gasteiger charge is -1.97. The number of hydrogen-bond donors (Lipinski definition) is 0. The third kappa shape index (κ3) is 2.60. The number of nitrogens with zero attached hydrogens (tertiary/aromatic N) is 2. The van der Waals surface area contributed by atoms with Gasteiger partial charge in [-0.15, -0.1) is 0 Å². The van der Waals surface area contributed by atoms with E-state index in [9.17, 15) is 0 Å². The molecule has 0 radical (unpaired) electrons. The van der Waals surface area contributed by atoms with Crippen LogP contribution in [0.15, 0.2) is 59.1 Å². The highest BCUT2D eigenvalue weighted by Crippen LogP contribution is 2.24. The lowest BCUT2D eigenvalue weighted by atomic mass is 10.2. The van der Waals surface area contributed by atoms with E-state index in [1.807, 2.05) is 77.6 Å². The number of rotatable bonds is 3. The summed E-state index contributed by atoms with van der Waals surface area (Å²) in [5.41, 5.74) is 1.80. The summed E-state index contributed by atoms with van der Waals surface area (Å²) < 4.78 is 10.4. The van der Waals surface area contributed by atoms with Crippen molar-refractivity contribution in [1.82, 2.24) is 10.1 Å². The zero-order chi connectivity index (χ0) is 13.1. The molecular formula is C14H9IN2O2. The van der Waals surface area contributed by atoms with Gasteiger partial charge in [0.1, 0.15) is 5.75 Å². The first kappa shape index (κ1) is 12.2. The molecule has 94 valence electrons. The van der Waals surface area contributed by atoms with Gasteiger partial charge in [-0.2, -0.15) is 4.98 Å². The van der Waals surface area contributed by atoms with Gasteiger partial charge in [0.2, 0.25) is 5.82 Å². The van der Waals surface area contributed by atoms with Crippen molar-refractivity contribution in [1.29, 1.82) is 0 Å². The Morgan fingerprint density at radius 1 is 0.895 bits per heavy atom. The van der Waals surface area contributed by atoms with Crippen LogP contribution in [0.25, 0.3) is 22.8 Å². The summed E-state index contributed by atoms with van der Waals surface area (Å²) >= 11 is 1.84. The summed E-state index contributed by atoms with van der Waals surface area (Å²) in [5.74, 6) is 1.87. The average Bonchev–Trinajstić information content (AvgIpc) is 2.98. The van der Waals surface area contributed by atoms with Crippen LogP contribution in [0.3, 0.4) is 0 Å². The molecule has 0 aliphatic rings. The molecule has 3 rings (SSSR count). The van der Waals surface area contributed by atoms with E-state index in [2.05, 4.69) is 10.1 Å². The quantitative estimate of drug-likeness (QED) is 0.656. The number of halogens is 1. The molecule has 0 N–H and O–H groups in total. The maximum atomic E-state index is 5.27. The maximum Gasteiger partial charge on any atom is 0.258 e. The van der Waals surface area contributed by atoms with Crippen molar-refractivity contribution < 1.29 is 7.59 Å². The van der Waals surface area contributed by atoms with Gasteiger partial charge in [-0.1, -0.05) is 35.5 Å². The second-order valence-corrected chi connectivity index (χ2v) is 4.33. The molecule has 2 aromatic carbocycles. The van der Waals surface area contributed by atoms with E-state index in [0.717, 1.165) is 16.9 Å². The highest BCUT2D eigenvalue weighted by Gasteiger charge is 2.10. The number of hydrogen-bond acceptors (Lipinski definition) is 4. The summed E-state index contributed by atoms with van der Waals surface area (Å²) in [5, 5.41) is 3.99. The largest absolute Gasteiger partial charge is 0.428 e. The molecule has 0 fully saturated rings. The van der Waals surface area contributed by atoms with Crippen molar-refractivity contribution in [3.05, 3.63) is 54.6 Å². The molecule has 3 aromatic rings. The Balaban J connectivity index is 1.92. The van der Waals surface area contributed by atoms with Crippen LogP contribution >= 0.6 is 23.0 Å². The van der Waals surface area contributed by atoms with Crippen molar-refractivity contribution in [3.8, 4) is 28.6 Å². The SMILES string of the molecule is IOc1ccc(-c2nc(-c3ccccc3)no2)cc1. The van der Waals surface area contributed by atoms with Crippen molar-refractivity contribution in [2.75, 3.05) is 0 Å². The molecule has 4 nitrogen and oxygen atoms in total. The Morgan fingerprint density at radius 2 is 1.63 bits per heavy atom. The highest BCUT2D eigenvalue weighted by molar-refractivity contribution is 14.1. The minimum Gasteiger partial charge on any atom is -0.428 e. The van der Waals surface area contributed by atoms with Crippen LogP contribution in [-0.2, 0) is 0 Å². The van der Waals surface area contributed by atoms with Crippen LogP contribution in [0.5, 0.6) is 5.75 Å². The van der Waals surface area contributed by atoms with Gasteiger partial charge in [0.05, 0.1) is 0 Å². The van der Waals surface area contributed by atoms with Crippen LogP contribution in [0, 0.1) is 0 Å².